The second-order valence-electron chi connectivity index (χ2n) is 5.33. The molecule has 0 saturated carbocycles. The van der Waals surface area contributed by atoms with Crippen LogP contribution in [-0.2, 0) is 9.63 Å². The first kappa shape index (κ1) is 18.6. The summed E-state index contributed by atoms with van der Waals surface area (Å²) in [5.41, 5.74) is 1.89. The highest BCUT2D eigenvalue weighted by Crippen LogP contribution is 2.53. The summed E-state index contributed by atoms with van der Waals surface area (Å²) >= 11 is 7.09. The average Bonchev–Trinajstić information content (AvgIpc) is 3.43. The van der Waals surface area contributed by atoms with Crippen molar-refractivity contribution in [3.8, 4) is 0 Å². The fraction of sp³-hybridized carbons (Fsp3) is 0. The van der Waals surface area contributed by atoms with Crippen LogP contribution >= 0.6 is 47.0 Å². The molecule has 3 aliphatic heterocycles. The van der Waals surface area contributed by atoms with Crippen LogP contribution in [0, 0.1) is 0 Å². The molecule has 4 rings (SSSR count). The van der Waals surface area contributed by atoms with Gasteiger partial charge in [0.1, 0.15) is 5.71 Å². The molecule has 0 unspecified atom stereocenters. The molecule has 1 aromatic carbocycles. The van der Waals surface area contributed by atoms with Crippen LogP contribution in [0.3, 0.4) is 0 Å². The van der Waals surface area contributed by atoms with Gasteiger partial charge in [0.25, 0.3) is 0 Å². The van der Waals surface area contributed by atoms with Gasteiger partial charge in [0.15, 0.2) is 0 Å². The molecule has 0 radical (unpaired) electrons. The minimum absolute atomic E-state index is 0.427. The second-order valence-corrected chi connectivity index (χ2v) is 9.64. The van der Waals surface area contributed by atoms with E-state index < -0.39 is 5.97 Å². The number of allylic oxidation sites excluding steroid dienone is 5. The Morgan fingerprint density at radius 2 is 1.74 bits per heavy atom. The number of benzene rings is 1. The summed E-state index contributed by atoms with van der Waals surface area (Å²) in [4.78, 5) is 17.9. The molecule has 3 nitrogen and oxygen atoms in total. The van der Waals surface area contributed by atoms with Crippen LogP contribution in [0.25, 0.3) is 0 Å². The summed E-state index contributed by atoms with van der Waals surface area (Å²) in [7, 11) is 0. The van der Waals surface area contributed by atoms with Crippen LogP contribution in [0.4, 0.5) is 0 Å². The maximum Gasteiger partial charge on any atom is 0.368 e. The molecule has 0 spiro atoms. The third kappa shape index (κ3) is 4.55. The fourth-order valence-electron chi connectivity index (χ4n) is 2.33. The number of oxime groups is 1. The van der Waals surface area contributed by atoms with E-state index in [2.05, 4.69) is 27.5 Å². The molecule has 0 aliphatic carbocycles. The molecule has 0 fully saturated rings. The first-order valence-electron chi connectivity index (χ1n) is 7.99. The van der Waals surface area contributed by atoms with Gasteiger partial charge in [0.2, 0.25) is 0 Å². The van der Waals surface area contributed by atoms with E-state index in [0.29, 0.717) is 11.3 Å². The van der Waals surface area contributed by atoms with Gasteiger partial charge in [-0.1, -0.05) is 101 Å². The largest absolute Gasteiger partial charge is 0.368 e. The summed E-state index contributed by atoms with van der Waals surface area (Å²) in [5.74, 6) is -0.427. The Morgan fingerprint density at radius 3 is 2.56 bits per heavy atom. The monoisotopic (exact) mass is 427 g/mol. The molecule has 0 atom stereocenters. The van der Waals surface area contributed by atoms with Gasteiger partial charge in [-0.15, -0.1) is 0 Å². The third-order valence-corrected chi connectivity index (χ3v) is 8.56. The number of carbonyl (C=O) groups is 1. The van der Waals surface area contributed by atoms with E-state index in [4.69, 9.17) is 4.84 Å². The van der Waals surface area contributed by atoms with E-state index in [1.807, 2.05) is 48.6 Å². The molecule has 27 heavy (non-hydrogen) atoms. The van der Waals surface area contributed by atoms with E-state index in [-0.39, 0.29) is 0 Å². The summed E-state index contributed by atoms with van der Waals surface area (Å²) in [5, 5.41) is 10.3. The molecule has 0 amide bonds. The van der Waals surface area contributed by atoms with E-state index >= 15 is 0 Å². The van der Waals surface area contributed by atoms with Crippen molar-refractivity contribution in [3.05, 3.63) is 101 Å². The minimum atomic E-state index is -0.427. The van der Waals surface area contributed by atoms with E-state index in [1.165, 1.54) is 13.4 Å². The number of carbonyl (C=O) groups excluding carboxylic acids is 1. The molecule has 0 aromatic heterocycles. The van der Waals surface area contributed by atoms with Gasteiger partial charge >= 0.3 is 5.97 Å². The second kappa shape index (κ2) is 8.93. The maximum atomic E-state index is 11.9. The topological polar surface area (TPSA) is 38.7 Å². The Balaban J connectivity index is 1.38. The Hall–Kier alpha value is -1.80. The first-order valence-corrected chi connectivity index (χ1v) is 11.4. The van der Waals surface area contributed by atoms with Crippen molar-refractivity contribution in [2.45, 2.75) is 0 Å². The Bertz CT molecular complexity index is 959. The fourth-order valence-corrected chi connectivity index (χ4v) is 6.69. The highest BCUT2D eigenvalue weighted by atomic mass is 32.2. The van der Waals surface area contributed by atoms with Crippen LogP contribution in [0.1, 0.15) is 5.56 Å². The normalized spacial score (nSPS) is 21.0. The number of hydrogen-bond acceptors (Lipinski definition) is 7. The molecule has 3 aliphatic rings. The first-order chi connectivity index (χ1) is 13.3. The lowest BCUT2D eigenvalue weighted by Crippen LogP contribution is -2.06. The lowest BCUT2D eigenvalue weighted by molar-refractivity contribution is -0.136. The standard InChI is InChI=1S/C20H13NO2S4/c22-18-16(17(21-23-18)14-7-3-1-4-8-14)10-6-2-5-9-15-13-26-20(27-15)19-24-11-12-25-19/h1-13H/b6-2+,9-5+,16-10+. The minimum Gasteiger partial charge on any atom is -0.312 e. The zero-order chi connectivity index (χ0) is 18.5. The number of thioether (sulfide) groups is 4. The SMILES string of the molecule is O=C1ON=C(c2ccccc2)\C1=C/C=C/C=C/C1=CSC(=C2SC=CS2)S1. The van der Waals surface area contributed by atoms with Gasteiger partial charge in [-0.05, 0) is 28.4 Å². The van der Waals surface area contributed by atoms with Crippen molar-refractivity contribution in [2.24, 2.45) is 5.16 Å². The third-order valence-electron chi connectivity index (χ3n) is 3.55. The smallest absolute Gasteiger partial charge is 0.312 e. The molecule has 0 N–H and O–H groups in total. The van der Waals surface area contributed by atoms with Gasteiger partial charge in [-0.2, -0.15) is 0 Å². The molecule has 0 saturated heterocycles. The molecular formula is C20H13NO2S4. The van der Waals surface area contributed by atoms with Crippen LogP contribution in [0.2, 0.25) is 0 Å². The van der Waals surface area contributed by atoms with Gasteiger partial charge in [0, 0.05) is 10.5 Å². The molecule has 7 heteroatoms. The van der Waals surface area contributed by atoms with Crippen LogP contribution < -0.4 is 0 Å². The van der Waals surface area contributed by atoms with Crippen molar-refractivity contribution >= 4 is 58.7 Å². The van der Waals surface area contributed by atoms with Gasteiger partial charge in [-0.3, -0.25) is 0 Å². The Morgan fingerprint density at radius 1 is 0.926 bits per heavy atom. The molecule has 1 aromatic rings. The number of hydrogen-bond donors (Lipinski definition) is 0. The summed E-state index contributed by atoms with van der Waals surface area (Å²) in [6.45, 7) is 0. The molecular weight excluding hydrogens is 414 g/mol. The average molecular weight is 428 g/mol. The van der Waals surface area contributed by atoms with Crippen molar-refractivity contribution in [2.75, 3.05) is 0 Å². The zero-order valence-electron chi connectivity index (χ0n) is 13.9. The number of nitrogens with zero attached hydrogens (tertiary/aromatic N) is 1. The van der Waals surface area contributed by atoms with E-state index in [1.54, 1.807) is 53.1 Å². The maximum absolute atomic E-state index is 11.9. The Kier molecular flexibility index (Phi) is 6.14. The van der Waals surface area contributed by atoms with Gasteiger partial charge in [-0.25, -0.2) is 4.79 Å². The van der Waals surface area contributed by atoms with E-state index in [0.717, 1.165) is 5.56 Å². The van der Waals surface area contributed by atoms with Crippen molar-refractivity contribution in [1.82, 2.24) is 0 Å². The summed E-state index contributed by atoms with van der Waals surface area (Å²) in [6.07, 6.45) is 9.50. The quantitative estimate of drug-likeness (QED) is 0.315. The van der Waals surface area contributed by atoms with Crippen LogP contribution in [0.5, 0.6) is 0 Å². The number of rotatable bonds is 4. The predicted molar refractivity (Wildman–Crippen MR) is 120 cm³/mol. The Labute approximate surface area is 174 Å². The van der Waals surface area contributed by atoms with Crippen molar-refractivity contribution < 1.29 is 9.63 Å². The summed E-state index contributed by atoms with van der Waals surface area (Å²) in [6, 6.07) is 9.55. The molecule has 0 bridgehead atoms. The van der Waals surface area contributed by atoms with Gasteiger partial charge in [0.05, 0.1) is 14.0 Å². The lowest BCUT2D eigenvalue weighted by atomic mass is 10.0. The van der Waals surface area contributed by atoms with Gasteiger partial charge < -0.3 is 4.84 Å². The van der Waals surface area contributed by atoms with Crippen LogP contribution in [-0.4, -0.2) is 11.7 Å². The van der Waals surface area contributed by atoms with Crippen molar-refractivity contribution in [1.29, 1.82) is 0 Å². The van der Waals surface area contributed by atoms with E-state index in [9.17, 15) is 4.79 Å². The molecule has 3 heterocycles. The predicted octanol–water partition coefficient (Wildman–Crippen LogP) is 6.39. The molecule has 134 valence electrons. The zero-order valence-corrected chi connectivity index (χ0v) is 17.2. The van der Waals surface area contributed by atoms with Crippen LogP contribution in [0.15, 0.2) is 101 Å². The summed E-state index contributed by atoms with van der Waals surface area (Å²) < 4.78 is 2.68. The highest BCUT2D eigenvalue weighted by Gasteiger charge is 2.25. The lowest BCUT2D eigenvalue weighted by Gasteiger charge is -1.99. The highest BCUT2D eigenvalue weighted by molar-refractivity contribution is 8.33. The van der Waals surface area contributed by atoms with Crippen molar-refractivity contribution in [3.63, 3.8) is 0 Å².